The van der Waals surface area contributed by atoms with Gasteiger partial charge in [0.15, 0.2) is 11.2 Å². The highest BCUT2D eigenvalue weighted by Crippen LogP contribution is 2.30. The Bertz CT molecular complexity index is 1520. The van der Waals surface area contributed by atoms with E-state index in [-0.39, 0.29) is 11.1 Å². The third kappa shape index (κ3) is 3.30. The van der Waals surface area contributed by atoms with Crippen LogP contribution in [0, 0.1) is 0 Å². The molecule has 0 saturated heterocycles. The first-order valence-corrected chi connectivity index (χ1v) is 10.7. The van der Waals surface area contributed by atoms with Gasteiger partial charge in [-0.2, -0.15) is 5.10 Å². The number of aryl methyl sites for hydroxylation is 1. The van der Waals surface area contributed by atoms with Gasteiger partial charge in [-0.1, -0.05) is 42.3 Å². The Labute approximate surface area is 192 Å². The second-order valence-electron chi connectivity index (χ2n) is 7.19. The molecule has 0 fully saturated rings. The molecule has 0 aliphatic carbocycles. The molecular formula is C23H17Cl2N5O2. The SMILES string of the molecule is CCc1nn2c(nnc3c(=O)n(-c4cc(Cl)cc(Cl)c4)ccc32)c1-c1ccc(OC)cc1. The van der Waals surface area contributed by atoms with E-state index in [1.165, 1.54) is 4.57 Å². The van der Waals surface area contributed by atoms with E-state index in [9.17, 15) is 4.79 Å². The molecule has 0 aliphatic rings. The molecule has 0 bridgehead atoms. The lowest BCUT2D eigenvalue weighted by Crippen LogP contribution is -2.20. The first-order valence-electron chi connectivity index (χ1n) is 9.90. The standard InChI is InChI=1S/C23H17Cl2N5O2/c1-3-18-20(13-4-6-17(32-2)7-5-13)22-27-26-21-19(30(22)28-18)8-9-29(23(21)31)16-11-14(24)10-15(25)12-16/h4-12H,3H2,1-2H3. The monoisotopic (exact) mass is 465 g/mol. The highest BCUT2D eigenvalue weighted by Gasteiger charge is 2.19. The number of hydrogen-bond donors (Lipinski definition) is 0. The van der Waals surface area contributed by atoms with Gasteiger partial charge in [0, 0.05) is 16.2 Å². The number of benzene rings is 2. The van der Waals surface area contributed by atoms with Crippen molar-refractivity contribution < 1.29 is 4.74 Å². The normalized spacial score (nSPS) is 11.4. The molecule has 0 saturated carbocycles. The van der Waals surface area contributed by atoms with Crippen LogP contribution in [0.4, 0.5) is 0 Å². The van der Waals surface area contributed by atoms with Gasteiger partial charge in [-0.15, -0.1) is 10.2 Å². The van der Waals surface area contributed by atoms with Crippen molar-refractivity contribution in [2.75, 3.05) is 7.11 Å². The first kappa shape index (κ1) is 20.5. The average Bonchev–Trinajstić information content (AvgIpc) is 3.18. The van der Waals surface area contributed by atoms with Gasteiger partial charge in [0.05, 0.1) is 24.1 Å². The number of fused-ring (bicyclic) bond motifs is 3. The maximum absolute atomic E-state index is 13.2. The Morgan fingerprint density at radius 3 is 2.38 bits per heavy atom. The summed E-state index contributed by atoms with van der Waals surface area (Å²) in [7, 11) is 1.63. The predicted molar refractivity (Wildman–Crippen MR) is 125 cm³/mol. The zero-order chi connectivity index (χ0) is 22.4. The van der Waals surface area contributed by atoms with Gasteiger partial charge in [0.1, 0.15) is 11.3 Å². The smallest absolute Gasteiger partial charge is 0.285 e. The molecule has 32 heavy (non-hydrogen) atoms. The third-order valence-electron chi connectivity index (χ3n) is 5.29. The summed E-state index contributed by atoms with van der Waals surface area (Å²) in [6.45, 7) is 2.03. The quantitative estimate of drug-likeness (QED) is 0.374. The highest BCUT2D eigenvalue weighted by molar-refractivity contribution is 6.34. The summed E-state index contributed by atoms with van der Waals surface area (Å²) in [5.74, 6) is 0.765. The second kappa shape index (κ2) is 7.93. The molecule has 0 aliphatic heterocycles. The van der Waals surface area contributed by atoms with Gasteiger partial charge in [-0.05, 0) is 48.4 Å². The van der Waals surface area contributed by atoms with Crippen molar-refractivity contribution in [2.24, 2.45) is 0 Å². The van der Waals surface area contributed by atoms with E-state index >= 15 is 0 Å². The highest BCUT2D eigenvalue weighted by atomic mass is 35.5. The first-order chi connectivity index (χ1) is 15.5. The lowest BCUT2D eigenvalue weighted by Gasteiger charge is -2.08. The molecule has 2 aromatic carbocycles. The molecule has 3 aromatic heterocycles. The van der Waals surface area contributed by atoms with Gasteiger partial charge >= 0.3 is 0 Å². The molecule has 9 heteroatoms. The average molecular weight is 466 g/mol. The van der Waals surface area contributed by atoms with Crippen molar-refractivity contribution in [1.82, 2.24) is 24.4 Å². The van der Waals surface area contributed by atoms with Gasteiger partial charge in [0.25, 0.3) is 5.56 Å². The van der Waals surface area contributed by atoms with Crippen molar-refractivity contribution in [1.29, 1.82) is 0 Å². The number of nitrogens with zero attached hydrogens (tertiary/aromatic N) is 5. The molecule has 5 aromatic rings. The number of rotatable bonds is 4. The molecule has 3 heterocycles. The molecule has 0 spiro atoms. The summed E-state index contributed by atoms with van der Waals surface area (Å²) in [6.07, 6.45) is 2.36. The molecule has 5 rings (SSSR count). The van der Waals surface area contributed by atoms with Crippen molar-refractivity contribution >= 4 is 39.9 Å². The zero-order valence-corrected chi connectivity index (χ0v) is 18.7. The van der Waals surface area contributed by atoms with E-state index in [4.69, 9.17) is 33.0 Å². The molecule has 0 unspecified atom stereocenters. The van der Waals surface area contributed by atoms with E-state index in [2.05, 4.69) is 10.2 Å². The maximum Gasteiger partial charge on any atom is 0.285 e. The van der Waals surface area contributed by atoms with Gasteiger partial charge < -0.3 is 4.74 Å². The summed E-state index contributed by atoms with van der Waals surface area (Å²) in [4.78, 5) is 13.2. The summed E-state index contributed by atoms with van der Waals surface area (Å²) in [6, 6.07) is 14.4. The third-order valence-corrected chi connectivity index (χ3v) is 5.73. The fourth-order valence-electron chi connectivity index (χ4n) is 3.77. The summed E-state index contributed by atoms with van der Waals surface area (Å²) in [5, 5.41) is 14.3. The maximum atomic E-state index is 13.2. The molecule has 7 nitrogen and oxygen atoms in total. The van der Waals surface area contributed by atoms with Crippen LogP contribution in [0.1, 0.15) is 12.6 Å². The summed E-state index contributed by atoms with van der Waals surface area (Å²) >= 11 is 12.2. The Balaban J connectivity index is 1.74. The lowest BCUT2D eigenvalue weighted by atomic mass is 10.0. The van der Waals surface area contributed by atoms with E-state index in [1.807, 2.05) is 31.2 Å². The minimum Gasteiger partial charge on any atom is -0.497 e. The van der Waals surface area contributed by atoms with Crippen LogP contribution in [-0.4, -0.2) is 31.5 Å². The number of methoxy groups -OCH3 is 1. The Morgan fingerprint density at radius 2 is 1.72 bits per heavy atom. The van der Waals surface area contributed by atoms with Crippen LogP contribution in [0.15, 0.2) is 59.5 Å². The van der Waals surface area contributed by atoms with E-state index in [0.717, 1.165) is 22.6 Å². The van der Waals surface area contributed by atoms with Crippen LogP contribution in [0.3, 0.4) is 0 Å². The predicted octanol–water partition coefficient (Wildman–Crippen LogP) is 4.97. The largest absolute Gasteiger partial charge is 0.497 e. The van der Waals surface area contributed by atoms with Crippen molar-refractivity contribution in [3.05, 3.63) is 80.8 Å². The van der Waals surface area contributed by atoms with Crippen LogP contribution in [0.25, 0.3) is 33.5 Å². The van der Waals surface area contributed by atoms with Crippen LogP contribution in [-0.2, 0) is 6.42 Å². The minimum absolute atomic E-state index is 0.197. The van der Waals surface area contributed by atoms with Crippen molar-refractivity contribution in [3.63, 3.8) is 0 Å². The zero-order valence-electron chi connectivity index (χ0n) is 17.2. The van der Waals surface area contributed by atoms with Gasteiger partial charge in [0.2, 0.25) is 0 Å². The Kier molecular flexibility index (Phi) is 5.07. The van der Waals surface area contributed by atoms with Crippen molar-refractivity contribution in [3.8, 4) is 22.6 Å². The number of aromatic nitrogens is 5. The van der Waals surface area contributed by atoms with Crippen molar-refractivity contribution in [2.45, 2.75) is 13.3 Å². The van der Waals surface area contributed by atoms with Crippen LogP contribution < -0.4 is 10.3 Å². The summed E-state index contributed by atoms with van der Waals surface area (Å²) in [5.41, 5.74) is 4.26. The Morgan fingerprint density at radius 1 is 1.00 bits per heavy atom. The van der Waals surface area contributed by atoms with Crippen LogP contribution in [0.5, 0.6) is 5.75 Å². The molecule has 0 N–H and O–H groups in total. The lowest BCUT2D eigenvalue weighted by molar-refractivity contribution is 0.415. The Hall–Kier alpha value is -3.42. The second-order valence-corrected chi connectivity index (χ2v) is 8.06. The fraction of sp³-hybridized carbons (Fsp3) is 0.130. The molecular weight excluding hydrogens is 449 g/mol. The topological polar surface area (TPSA) is 74.3 Å². The molecule has 0 radical (unpaired) electrons. The fourth-order valence-corrected chi connectivity index (χ4v) is 4.29. The van der Waals surface area contributed by atoms with Gasteiger partial charge in [-0.3, -0.25) is 9.36 Å². The molecule has 0 atom stereocenters. The van der Waals surface area contributed by atoms with E-state index < -0.39 is 0 Å². The van der Waals surface area contributed by atoms with Gasteiger partial charge in [-0.25, -0.2) is 4.52 Å². The number of halogens is 2. The number of hydrogen-bond acceptors (Lipinski definition) is 5. The van der Waals surface area contributed by atoms with Crippen LogP contribution >= 0.6 is 23.2 Å². The van der Waals surface area contributed by atoms with Crippen LogP contribution in [0.2, 0.25) is 10.0 Å². The van der Waals surface area contributed by atoms with E-state index in [1.54, 1.807) is 42.1 Å². The number of pyridine rings is 1. The van der Waals surface area contributed by atoms with E-state index in [0.29, 0.717) is 33.3 Å². The minimum atomic E-state index is -0.338. The molecule has 160 valence electrons. The summed E-state index contributed by atoms with van der Waals surface area (Å²) < 4.78 is 8.38. The molecule has 0 amide bonds. The number of ether oxygens (including phenoxy) is 1.